The summed E-state index contributed by atoms with van der Waals surface area (Å²) in [5.74, 6) is 2.04. The minimum atomic E-state index is -0.117. The maximum Gasteiger partial charge on any atom is 0.289 e. The van der Waals surface area contributed by atoms with Crippen molar-refractivity contribution in [2.24, 2.45) is 0 Å². The molecule has 3 aromatic heterocycles. The van der Waals surface area contributed by atoms with E-state index in [1.807, 2.05) is 4.90 Å². The molecule has 1 aliphatic heterocycles. The molecule has 0 radical (unpaired) electrons. The topological polar surface area (TPSA) is 79.5 Å². The van der Waals surface area contributed by atoms with Gasteiger partial charge in [-0.05, 0) is 44.4 Å². The van der Waals surface area contributed by atoms with E-state index in [0.29, 0.717) is 43.6 Å². The number of rotatable bonds is 5. The second kappa shape index (κ2) is 10.1. The van der Waals surface area contributed by atoms with Gasteiger partial charge in [0.2, 0.25) is 5.91 Å². The quantitative estimate of drug-likeness (QED) is 0.363. The standard InChI is InChI=1S/C25H30N4O3S2/c1-16-17(2)34-24-21(16)23(26-22(27-24)18-7-4-3-5-8-18)33-15-20(30)28-10-12-29(13-11-28)25(31)19-9-6-14-32-19/h6,9,14,18H,3-5,7-8,10-13,15H2,1-2H3. The summed E-state index contributed by atoms with van der Waals surface area (Å²) in [6.45, 7) is 6.36. The number of carbonyl (C=O) groups is 2. The summed E-state index contributed by atoms with van der Waals surface area (Å²) in [4.78, 5) is 41.4. The van der Waals surface area contributed by atoms with E-state index in [9.17, 15) is 9.59 Å². The molecule has 1 saturated carbocycles. The Labute approximate surface area is 207 Å². The first kappa shape index (κ1) is 23.4. The largest absolute Gasteiger partial charge is 0.459 e. The molecule has 2 aliphatic rings. The van der Waals surface area contributed by atoms with Crippen LogP contribution in [0.5, 0.6) is 0 Å². The second-order valence-electron chi connectivity index (χ2n) is 9.12. The molecule has 1 aliphatic carbocycles. The van der Waals surface area contributed by atoms with Gasteiger partial charge in [0.25, 0.3) is 5.91 Å². The van der Waals surface area contributed by atoms with Crippen LogP contribution in [0, 0.1) is 13.8 Å². The highest BCUT2D eigenvalue weighted by molar-refractivity contribution is 8.00. The predicted octanol–water partition coefficient (Wildman–Crippen LogP) is 5.03. The Morgan fingerprint density at radius 1 is 1.09 bits per heavy atom. The molecule has 0 aromatic carbocycles. The van der Waals surface area contributed by atoms with Gasteiger partial charge in [0.1, 0.15) is 15.7 Å². The third-order valence-corrected chi connectivity index (χ3v) is 9.03. The lowest BCUT2D eigenvalue weighted by Crippen LogP contribution is -2.51. The van der Waals surface area contributed by atoms with E-state index in [2.05, 4.69) is 13.8 Å². The van der Waals surface area contributed by atoms with Gasteiger partial charge < -0.3 is 14.2 Å². The first-order chi connectivity index (χ1) is 16.5. The summed E-state index contributed by atoms with van der Waals surface area (Å²) in [6.07, 6.45) is 7.59. The Morgan fingerprint density at radius 3 is 2.53 bits per heavy atom. The molecule has 0 spiro atoms. The maximum absolute atomic E-state index is 13.0. The van der Waals surface area contributed by atoms with Crippen LogP contribution in [0.4, 0.5) is 0 Å². The van der Waals surface area contributed by atoms with Crippen molar-refractivity contribution >= 4 is 45.1 Å². The van der Waals surface area contributed by atoms with Crippen LogP contribution in [-0.4, -0.2) is 63.5 Å². The Bertz CT molecular complexity index is 1180. The van der Waals surface area contributed by atoms with Crippen LogP contribution >= 0.6 is 23.1 Å². The molecule has 0 N–H and O–H groups in total. The molecule has 5 rings (SSSR count). The molecule has 180 valence electrons. The highest BCUT2D eigenvalue weighted by Gasteiger charge is 2.27. The number of carbonyl (C=O) groups excluding carboxylic acids is 2. The number of nitrogens with zero attached hydrogens (tertiary/aromatic N) is 4. The van der Waals surface area contributed by atoms with Gasteiger partial charge in [-0.15, -0.1) is 11.3 Å². The molecule has 7 nitrogen and oxygen atoms in total. The van der Waals surface area contributed by atoms with E-state index in [1.165, 1.54) is 47.7 Å². The minimum Gasteiger partial charge on any atom is -0.459 e. The normalized spacial score (nSPS) is 17.5. The molecule has 34 heavy (non-hydrogen) atoms. The van der Waals surface area contributed by atoms with Crippen molar-refractivity contribution in [3.63, 3.8) is 0 Å². The van der Waals surface area contributed by atoms with Crippen LogP contribution in [0.3, 0.4) is 0 Å². The number of hydrogen-bond acceptors (Lipinski definition) is 7. The minimum absolute atomic E-state index is 0.0886. The number of furan rings is 1. The zero-order valence-electron chi connectivity index (χ0n) is 19.7. The first-order valence-corrected chi connectivity index (χ1v) is 13.8. The van der Waals surface area contributed by atoms with Crippen LogP contribution in [0.1, 0.15) is 64.8 Å². The maximum atomic E-state index is 13.0. The molecule has 1 saturated heterocycles. The van der Waals surface area contributed by atoms with Crippen LogP contribution in [0.25, 0.3) is 10.2 Å². The van der Waals surface area contributed by atoms with E-state index < -0.39 is 0 Å². The fourth-order valence-corrected chi connectivity index (χ4v) is 6.91. The molecule has 2 fully saturated rings. The average Bonchev–Trinajstić information content (AvgIpc) is 3.51. The molecule has 9 heteroatoms. The Hall–Kier alpha value is -2.39. The van der Waals surface area contributed by atoms with Crippen LogP contribution in [0.15, 0.2) is 27.8 Å². The summed E-state index contributed by atoms with van der Waals surface area (Å²) in [5, 5.41) is 2.04. The van der Waals surface area contributed by atoms with Crippen LogP contribution < -0.4 is 0 Å². The second-order valence-corrected chi connectivity index (χ2v) is 11.3. The van der Waals surface area contributed by atoms with E-state index in [-0.39, 0.29) is 11.8 Å². The number of aromatic nitrogens is 2. The highest BCUT2D eigenvalue weighted by atomic mass is 32.2. The molecule has 3 aromatic rings. The van der Waals surface area contributed by atoms with Gasteiger partial charge in [-0.3, -0.25) is 9.59 Å². The summed E-state index contributed by atoms with van der Waals surface area (Å²) in [7, 11) is 0. The Kier molecular flexibility index (Phi) is 6.92. The van der Waals surface area contributed by atoms with Gasteiger partial charge in [-0.25, -0.2) is 9.97 Å². The van der Waals surface area contributed by atoms with Gasteiger partial charge in [0.15, 0.2) is 5.76 Å². The zero-order valence-corrected chi connectivity index (χ0v) is 21.3. The number of aryl methyl sites for hydroxylation is 2. The van der Waals surface area contributed by atoms with Crippen molar-refractivity contribution in [3.8, 4) is 0 Å². The smallest absolute Gasteiger partial charge is 0.289 e. The third-order valence-electron chi connectivity index (χ3n) is 6.97. The molecule has 0 atom stereocenters. The summed E-state index contributed by atoms with van der Waals surface area (Å²) < 4.78 is 5.22. The van der Waals surface area contributed by atoms with E-state index in [0.717, 1.165) is 33.9 Å². The van der Waals surface area contributed by atoms with Gasteiger partial charge >= 0.3 is 0 Å². The molecular formula is C25H30N4O3S2. The molecular weight excluding hydrogens is 468 g/mol. The number of thiophene rings is 1. The fraction of sp³-hybridized carbons (Fsp3) is 0.520. The van der Waals surface area contributed by atoms with Gasteiger partial charge in [-0.1, -0.05) is 31.0 Å². The molecule has 0 unspecified atom stereocenters. The zero-order chi connectivity index (χ0) is 23.7. The van der Waals surface area contributed by atoms with Crippen molar-refractivity contribution in [2.75, 3.05) is 31.9 Å². The number of fused-ring (bicyclic) bond motifs is 1. The van der Waals surface area contributed by atoms with E-state index in [4.69, 9.17) is 14.4 Å². The molecule has 4 heterocycles. The molecule has 0 bridgehead atoms. The first-order valence-electron chi connectivity index (χ1n) is 12.0. The monoisotopic (exact) mass is 498 g/mol. The summed E-state index contributed by atoms with van der Waals surface area (Å²) in [5.41, 5.74) is 1.22. The van der Waals surface area contributed by atoms with Crippen LogP contribution in [-0.2, 0) is 4.79 Å². The highest BCUT2D eigenvalue weighted by Crippen LogP contribution is 2.38. The van der Waals surface area contributed by atoms with Crippen molar-refractivity contribution in [1.82, 2.24) is 19.8 Å². The number of amides is 2. The van der Waals surface area contributed by atoms with Crippen molar-refractivity contribution in [1.29, 1.82) is 0 Å². The molecule has 2 amide bonds. The summed E-state index contributed by atoms with van der Waals surface area (Å²) in [6, 6.07) is 3.39. The number of piperazine rings is 1. The average molecular weight is 499 g/mol. The lowest BCUT2D eigenvalue weighted by molar-refractivity contribution is -0.129. The van der Waals surface area contributed by atoms with E-state index >= 15 is 0 Å². The summed E-state index contributed by atoms with van der Waals surface area (Å²) >= 11 is 3.26. The third kappa shape index (κ3) is 4.73. The lowest BCUT2D eigenvalue weighted by atomic mass is 9.89. The SMILES string of the molecule is Cc1sc2nc(C3CCCCC3)nc(SCC(=O)N3CCN(C(=O)c4ccco4)CC3)c2c1C. The predicted molar refractivity (Wildman–Crippen MR) is 135 cm³/mol. The lowest BCUT2D eigenvalue weighted by Gasteiger charge is -2.34. The Morgan fingerprint density at radius 2 is 1.82 bits per heavy atom. The van der Waals surface area contributed by atoms with Crippen molar-refractivity contribution in [3.05, 3.63) is 40.4 Å². The van der Waals surface area contributed by atoms with Gasteiger partial charge in [0.05, 0.1) is 12.0 Å². The van der Waals surface area contributed by atoms with Crippen LogP contribution in [0.2, 0.25) is 0 Å². The Balaban J connectivity index is 1.26. The van der Waals surface area contributed by atoms with E-state index in [1.54, 1.807) is 28.4 Å². The van der Waals surface area contributed by atoms with Gasteiger partial charge in [0, 0.05) is 42.4 Å². The van der Waals surface area contributed by atoms with Crippen molar-refractivity contribution in [2.45, 2.75) is 56.9 Å². The number of hydrogen-bond donors (Lipinski definition) is 0. The van der Waals surface area contributed by atoms with Crippen molar-refractivity contribution < 1.29 is 14.0 Å². The number of thioether (sulfide) groups is 1. The fourth-order valence-electron chi connectivity index (χ4n) is 4.81. The van der Waals surface area contributed by atoms with Gasteiger partial charge in [-0.2, -0.15) is 0 Å².